The van der Waals surface area contributed by atoms with Crippen molar-refractivity contribution in [3.63, 3.8) is 0 Å². The molecule has 0 unspecified atom stereocenters. The van der Waals surface area contributed by atoms with Gasteiger partial charge in [-0.25, -0.2) is 9.97 Å². The fourth-order valence-corrected chi connectivity index (χ4v) is 2.71. The summed E-state index contributed by atoms with van der Waals surface area (Å²) in [5.74, 6) is 2.75. The van der Waals surface area contributed by atoms with E-state index in [4.69, 9.17) is 4.98 Å². The van der Waals surface area contributed by atoms with Crippen LogP contribution in [0, 0.1) is 0 Å². The summed E-state index contributed by atoms with van der Waals surface area (Å²) in [5.41, 5.74) is 0.144. The van der Waals surface area contributed by atoms with Crippen molar-refractivity contribution >= 4 is 11.6 Å². The number of hydrogen-bond acceptors (Lipinski definition) is 4. The fourth-order valence-electron chi connectivity index (χ4n) is 2.71. The summed E-state index contributed by atoms with van der Waals surface area (Å²) in [6, 6.07) is 2.03. The van der Waals surface area contributed by atoms with Gasteiger partial charge in [-0.2, -0.15) is 0 Å². The largest absolute Gasteiger partial charge is 0.370 e. The molecule has 2 rings (SSSR count). The maximum absolute atomic E-state index is 4.73. The van der Waals surface area contributed by atoms with E-state index in [0.717, 1.165) is 24.0 Å². The Hall–Kier alpha value is -1.32. The minimum atomic E-state index is -0.0432. The van der Waals surface area contributed by atoms with E-state index in [2.05, 4.69) is 50.2 Å². The second-order valence-electron chi connectivity index (χ2n) is 7.14. The zero-order chi connectivity index (χ0) is 14.8. The van der Waals surface area contributed by atoms with Crippen LogP contribution in [0.15, 0.2) is 6.07 Å². The highest BCUT2D eigenvalue weighted by Gasteiger charge is 2.29. The van der Waals surface area contributed by atoms with E-state index in [1.165, 1.54) is 25.7 Å². The van der Waals surface area contributed by atoms with Crippen LogP contribution in [0.2, 0.25) is 0 Å². The number of rotatable bonds is 4. The van der Waals surface area contributed by atoms with Crippen molar-refractivity contribution in [3.8, 4) is 0 Å². The van der Waals surface area contributed by atoms with Gasteiger partial charge in [0.25, 0.3) is 0 Å². The molecule has 20 heavy (non-hydrogen) atoms. The van der Waals surface area contributed by atoms with Gasteiger partial charge in [-0.05, 0) is 26.7 Å². The van der Waals surface area contributed by atoms with Crippen LogP contribution in [0.1, 0.15) is 66.1 Å². The molecule has 1 aromatic heterocycles. The fraction of sp³-hybridized carbons (Fsp3) is 0.750. The molecule has 4 nitrogen and oxygen atoms in total. The lowest BCUT2D eigenvalue weighted by atomic mass is 9.95. The first-order chi connectivity index (χ1) is 9.32. The van der Waals surface area contributed by atoms with Gasteiger partial charge in [0.15, 0.2) is 0 Å². The molecule has 0 amide bonds. The SMILES string of the molecule is CCNc1cc(NC2(C)CCCC2)nc(C(C)(C)C)n1. The lowest BCUT2D eigenvalue weighted by molar-refractivity contribution is 0.522. The zero-order valence-electron chi connectivity index (χ0n) is 13.5. The second-order valence-corrected chi connectivity index (χ2v) is 7.14. The van der Waals surface area contributed by atoms with Crippen molar-refractivity contribution < 1.29 is 0 Å². The maximum Gasteiger partial charge on any atom is 0.138 e. The van der Waals surface area contributed by atoms with E-state index < -0.39 is 0 Å². The average Bonchev–Trinajstić information content (AvgIpc) is 2.74. The van der Waals surface area contributed by atoms with Gasteiger partial charge in [0.2, 0.25) is 0 Å². The Kier molecular flexibility index (Phi) is 4.21. The molecule has 0 spiro atoms. The topological polar surface area (TPSA) is 49.8 Å². The Morgan fingerprint density at radius 2 is 1.75 bits per heavy atom. The lowest BCUT2D eigenvalue weighted by Gasteiger charge is -2.27. The van der Waals surface area contributed by atoms with Crippen LogP contribution in [-0.2, 0) is 5.41 Å². The van der Waals surface area contributed by atoms with Crippen molar-refractivity contribution in [1.82, 2.24) is 9.97 Å². The molecule has 0 aliphatic heterocycles. The zero-order valence-corrected chi connectivity index (χ0v) is 13.5. The molecule has 4 heteroatoms. The van der Waals surface area contributed by atoms with Crippen LogP contribution < -0.4 is 10.6 Å². The summed E-state index contributed by atoms with van der Waals surface area (Å²) in [7, 11) is 0. The number of anilines is 2. The van der Waals surface area contributed by atoms with Gasteiger partial charge >= 0.3 is 0 Å². The smallest absolute Gasteiger partial charge is 0.138 e. The molecule has 1 saturated carbocycles. The molecular weight excluding hydrogens is 248 g/mol. The van der Waals surface area contributed by atoms with E-state index >= 15 is 0 Å². The first-order valence-electron chi connectivity index (χ1n) is 7.74. The third-order valence-corrected chi connectivity index (χ3v) is 3.89. The third-order valence-electron chi connectivity index (χ3n) is 3.89. The van der Waals surface area contributed by atoms with Gasteiger partial charge in [-0.15, -0.1) is 0 Å². The summed E-state index contributed by atoms with van der Waals surface area (Å²) >= 11 is 0. The predicted octanol–water partition coefficient (Wildman–Crippen LogP) is 3.95. The normalized spacial score (nSPS) is 18.1. The maximum atomic E-state index is 4.73. The van der Waals surface area contributed by atoms with Crippen LogP contribution in [0.4, 0.5) is 11.6 Å². The predicted molar refractivity (Wildman–Crippen MR) is 85.4 cm³/mol. The van der Waals surface area contributed by atoms with E-state index in [0.29, 0.717) is 0 Å². The van der Waals surface area contributed by atoms with Crippen molar-refractivity contribution in [1.29, 1.82) is 0 Å². The quantitative estimate of drug-likeness (QED) is 0.874. The Labute approximate surface area is 122 Å². The number of nitrogens with one attached hydrogen (secondary N) is 2. The Bertz CT molecular complexity index is 456. The molecule has 0 bridgehead atoms. The van der Waals surface area contributed by atoms with Crippen LogP contribution in [0.3, 0.4) is 0 Å². The highest BCUT2D eigenvalue weighted by molar-refractivity contribution is 5.49. The van der Waals surface area contributed by atoms with Crippen molar-refractivity contribution in [2.75, 3.05) is 17.2 Å². The Morgan fingerprint density at radius 3 is 2.30 bits per heavy atom. The second kappa shape index (κ2) is 5.58. The molecule has 1 aromatic rings. The number of nitrogens with zero attached hydrogens (tertiary/aromatic N) is 2. The molecule has 1 aliphatic rings. The van der Waals surface area contributed by atoms with Crippen LogP contribution >= 0.6 is 0 Å². The van der Waals surface area contributed by atoms with Crippen LogP contribution in [0.25, 0.3) is 0 Å². The summed E-state index contributed by atoms with van der Waals surface area (Å²) in [5, 5.41) is 6.94. The Balaban J connectivity index is 2.29. The average molecular weight is 276 g/mol. The van der Waals surface area contributed by atoms with Gasteiger partial charge < -0.3 is 10.6 Å². The summed E-state index contributed by atoms with van der Waals surface area (Å²) in [4.78, 5) is 9.36. The van der Waals surface area contributed by atoms with Gasteiger partial charge in [-0.1, -0.05) is 33.6 Å². The highest BCUT2D eigenvalue weighted by Crippen LogP contribution is 2.33. The van der Waals surface area contributed by atoms with Crippen molar-refractivity contribution in [2.24, 2.45) is 0 Å². The molecule has 0 saturated heterocycles. The number of aromatic nitrogens is 2. The summed E-state index contributed by atoms with van der Waals surface area (Å²) < 4.78 is 0. The molecule has 112 valence electrons. The molecule has 0 aromatic carbocycles. The molecular formula is C16H28N4. The van der Waals surface area contributed by atoms with E-state index in [9.17, 15) is 0 Å². The standard InChI is InChI=1S/C16H28N4/c1-6-17-12-11-13(19-14(18-12)15(2,3)4)20-16(5)9-7-8-10-16/h11H,6-10H2,1-5H3,(H2,17,18,19,20). The molecule has 0 atom stereocenters. The molecule has 1 aliphatic carbocycles. The van der Waals surface area contributed by atoms with Gasteiger partial charge in [0.1, 0.15) is 17.5 Å². The molecule has 1 heterocycles. The van der Waals surface area contributed by atoms with Crippen LogP contribution in [-0.4, -0.2) is 22.1 Å². The summed E-state index contributed by atoms with van der Waals surface area (Å²) in [6.45, 7) is 11.7. The first kappa shape index (κ1) is 15.1. The van der Waals surface area contributed by atoms with Gasteiger partial charge in [0.05, 0.1) is 0 Å². The minimum absolute atomic E-state index is 0.0432. The Morgan fingerprint density at radius 1 is 1.15 bits per heavy atom. The monoisotopic (exact) mass is 276 g/mol. The summed E-state index contributed by atoms with van der Waals surface area (Å²) in [6.07, 6.45) is 5.05. The minimum Gasteiger partial charge on any atom is -0.370 e. The van der Waals surface area contributed by atoms with E-state index in [1.807, 2.05) is 6.07 Å². The molecule has 1 fully saturated rings. The third kappa shape index (κ3) is 3.62. The van der Waals surface area contributed by atoms with Crippen molar-refractivity contribution in [3.05, 3.63) is 11.9 Å². The molecule has 2 N–H and O–H groups in total. The van der Waals surface area contributed by atoms with Gasteiger partial charge in [-0.3, -0.25) is 0 Å². The number of hydrogen-bond donors (Lipinski definition) is 2. The van der Waals surface area contributed by atoms with E-state index in [-0.39, 0.29) is 11.0 Å². The molecule has 0 radical (unpaired) electrons. The lowest BCUT2D eigenvalue weighted by Crippen LogP contribution is -2.32. The van der Waals surface area contributed by atoms with Gasteiger partial charge in [0, 0.05) is 23.6 Å². The highest BCUT2D eigenvalue weighted by atomic mass is 15.1. The van der Waals surface area contributed by atoms with Crippen LogP contribution in [0.5, 0.6) is 0 Å². The first-order valence-corrected chi connectivity index (χ1v) is 7.74. The van der Waals surface area contributed by atoms with Crippen molar-refractivity contribution in [2.45, 2.75) is 71.3 Å². The van der Waals surface area contributed by atoms with E-state index in [1.54, 1.807) is 0 Å².